The van der Waals surface area contributed by atoms with Gasteiger partial charge in [-0.25, -0.2) is 18.9 Å². The lowest BCUT2D eigenvalue weighted by Gasteiger charge is -2.02. The molecule has 2 aromatic rings. The van der Waals surface area contributed by atoms with E-state index >= 15 is 0 Å². The first-order chi connectivity index (χ1) is 7.58. The maximum atomic E-state index is 12.7. The average Bonchev–Trinajstić information content (AvgIpc) is 2.61. The number of rotatable bonds is 2. The van der Waals surface area contributed by atoms with E-state index in [9.17, 15) is 9.18 Å². The maximum Gasteiger partial charge on any atom is 0.354 e. The highest BCUT2D eigenvalue weighted by Crippen LogP contribution is 2.10. The Bertz CT molecular complexity index is 533. The van der Waals surface area contributed by atoms with Gasteiger partial charge in [0.25, 0.3) is 0 Å². The van der Waals surface area contributed by atoms with Crippen LogP contribution < -0.4 is 0 Å². The number of nitrogens with zero attached hydrogens (tertiary/aromatic N) is 3. The highest BCUT2D eigenvalue weighted by Gasteiger charge is 2.14. The number of pyridine rings is 1. The van der Waals surface area contributed by atoms with Crippen LogP contribution in [0.3, 0.4) is 0 Å². The van der Waals surface area contributed by atoms with E-state index in [1.54, 1.807) is 6.92 Å². The summed E-state index contributed by atoms with van der Waals surface area (Å²) in [6.45, 7) is 1.67. The van der Waals surface area contributed by atoms with Crippen molar-refractivity contribution in [3.05, 3.63) is 41.6 Å². The van der Waals surface area contributed by atoms with Crippen molar-refractivity contribution in [2.24, 2.45) is 0 Å². The number of aryl methyl sites for hydroxylation is 1. The fourth-order valence-corrected chi connectivity index (χ4v) is 1.32. The van der Waals surface area contributed by atoms with E-state index in [1.165, 1.54) is 18.2 Å². The Morgan fingerprint density at radius 3 is 2.81 bits per heavy atom. The highest BCUT2D eigenvalue weighted by atomic mass is 19.1. The number of carboxylic acid groups (broad SMARTS) is 1. The number of carboxylic acids is 1. The van der Waals surface area contributed by atoms with Gasteiger partial charge in [0.15, 0.2) is 11.5 Å². The zero-order valence-electron chi connectivity index (χ0n) is 8.38. The summed E-state index contributed by atoms with van der Waals surface area (Å²) in [6, 6.07) is 3.99. The van der Waals surface area contributed by atoms with Gasteiger partial charge in [-0.1, -0.05) is 0 Å². The molecule has 2 heterocycles. The lowest BCUT2D eigenvalue weighted by Crippen LogP contribution is -2.09. The molecule has 5 nitrogen and oxygen atoms in total. The molecule has 0 unspecified atom stereocenters. The molecule has 0 fully saturated rings. The van der Waals surface area contributed by atoms with Crippen LogP contribution in [0.15, 0.2) is 24.4 Å². The second-order valence-electron chi connectivity index (χ2n) is 3.22. The molecule has 2 rings (SSSR count). The van der Waals surface area contributed by atoms with Crippen molar-refractivity contribution in [3.63, 3.8) is 0 Å². The molecule has 16 heavy (non-hydrogen) atoms. The van der Waals surface area contributed by atoms with E-state index in [1.807, 2.05) is 0 Å². The van der Waals surface area contributed by atoms with E-state index in [4.69, 9.17) is 5.11 Å². The summed E-state index contributed by atoms with van der Waals surface area (Å²) >= 11 is 0. The second kappa shape index (κ2) is 3.73. The Morgan fingerprint density at radius 2 is 2.25 bits per heavy atom. The third-order valence-electron chi connectivity index (χ3n) is 1.98. The largest absolute Gasteiger partial charge is 0.477 e. The standard InChI is InChI=1S/C10H8FN3O2/c1-6-4-8(10(15)16)14(13-6)9-3-2-7(11)5-12-9/h2-5H,1H3,(H,15,16). The van der Waals surface area contributed by atoms with Crippen LogP contribution in [-0.2, 0) is 0 Å². The number of hydrogen-bond acceptors (Lipinski definition) is 3. The number of aromatic nitrogens is 3. The van der Waals surface area contributed by atoms with Gasteiger partial charge < -0.3 is 5.11 Å². The van der Waals surface area contributed by atoms with Crippen molar-refractivity contribution in [3.8, 4) is 5.82 Å². The fourth-order valence-electron chi connectivity index (χ4n) is 1.32. The number of aromatic carboxylic acids is 1. The zero-order chi connectivity index (χ0) is 11.7. The lowest BCUT2D eigenvalue weighted by atomic mass is 10.3. The van der Waals surface area contributed by atoms with Crippen molar-refractivity contribution >= 4 is 5.97 Å². The van der Waals surface area contributed by atoms with E-state index < -0.39 is 11.8 Å². The monoisotopic (exact) mass is 221 g/mol. The summed E-state index contributed by atoms with van der Waals surface area (Å²) in [5.74, 6) is -1.32. The normalized spacial score (nSPS) is 10.4. The van der Waals surface area contributed by atoms with Crippen LogP contribution in [0.25, 0.3) is 5.82 Å². The van der Waals surface area contributed by atoms with Gasteiger partial charge in [-0.2, -0.15) is 5.10 Å². The van der Waals surface area contributed by atoms with Gasteiger partial charge in [0.2, 0.25) is 0 Å². The molecule has 6 heteroatoms. The molecular weight excluding hydrogens is 213 g/mol. The third-order valence-corrected chi connectivity index (χ3v) is 1.98. The van der Waals surface area contributed by atoms with Gasteiger partial charge >= 0.3 is 5.97 Å². The zero-order valence-corrected chi connectivity index (χ0v) is 8.38. The van der Waals surface area contributed by atoms with E-state index in [-0.39, 0.29) is 11.5 Å². The van der Waals surface area contributed by atoms with Crippen molar-refractivity contribution in [2.45, 2.75) is 6.92 Å². The SMILES string of the molecule is Cc1cc(C(=O)O)n(-c2ccc(F)cn2)n1. The topological polar surface area (TPSA) is 68.0 Å². The molecule has 0 amide bonds. The molecule has 82 valence electrons. The molecular formula is C10H8FN3O2. The summed E-state index contributed by atoms with van der Waals surface area (Å²) in [6.07, 6.45) is 1.01. The van der Waals surface area contributed by atoms with E-state index in [2.05, 4.69) is 10.1 Å². The molecule has 0 aliphatic rings. The quantitative estimate of drug-likeness (QED) is 0.832. The minimum atomic E-state index is -1.10. The molecule has 0 spiro atoms. The Kier molecular flexibility index (Phi) is 2.40. The van der Waals surface area contributed by atoms with Crippen molar-refractivity contribution in [1.29, 1.82) is 0 Å². The summed E-state index contributed by atoms with van der Waals surface area (Å²) in [5, 5.41) is 12.9. The summed E-state index contributed by atoms with van der Waals surface area (Å²) in [7, 11) is 0. The molecule has 0 aliphatic heterocycles. The Balaban J connectivity index is 2.55. The van der Waals surface area contributed by atoms with Crippen LogP contribution in [-0.4, -0.2) is 25.8 Å². The summed E-state index contributed by atoms with van der Waals surface area (Å²) < 4.78 is 13.8. The number of halogens is 1. The molecule has 0 aliphatic carbocycles. The molecule has 0 atom stereocenters. The maximum absolute atomic E-state index is 12.7. The third kappa shape index (κ3) is 1.77. The summed E-state index contributed by atoms with van der Waals surface area (Å²) in [4.78, 5) is 14.7. The molecule has 0 radical (unpaired) electrons. The summed E-state index contributed by atoms with van der Waals surface area (Å²) in [5.41, 5.74) is 0.556. The minimum Gasteiger partial charge on any atom is -0.477 e. The van der Waals surface area contributed by atoms with Gasteiger partial charge in [-0.15, -0.1) is 0 Å². The number of hydrogen-bond donors (Lipinski definition) is 1. The van der Waals surface area contributed by atoms with Crippen LogP contribution >= 0.6 is 0 Å². The van der Waals surface area contributed by atoms with Crippen LogP contribution in [0.4, 0.5) is 4.39 Å². The first-order valence-corrected chi connectivity index (χ1v) is 4.50. The van der Waals surface area contributed by atoms with Crippen LogP contribution in [0, 0.1) is 12.7 Å². The number of carbonyl (C=O) groups is 1. The van der Waals surface area contributed by atoms with Gasteiger partial charge in [0, 0.05) is 0 Å². The average molecular weight is 221 g/mol. The highest BCUT2D eigenvalue weighted by molar-refractivity contribution is 5.86. The first kappa shape index (κ1) is 10.3. The van der Waals surface area contributed by atoms with Crippen LogP contribution in [0.2, 0.25) is 0 Å². The fraction of sp³-hybridized carbons (Fsp3) is 0.100. The Labute approximate surface area is 90.2 Å². The van der Waals surface area contributed by atoms with E-state index in [0.29, 0.717) is 5.69 Å². The predicted molar refractivity (Wildman–Crippen MR) is 53.0 cm³/mol. The van der Waals surface area contributed by atoms with Crippen LogP contribution in [0.5, 0.6) is 0 Å². The predicted octanol–water partition coefficient (Wildman–Crippen LogP) is 1.41. The van der Waals surface area contributed by atoms with Crippen molar-refractivity contribution in [1.82, 2.24) is 14.8 Å². The van der Waals surface area contributed by atoms with Gasteiger partial charge in [-0.05, 0) is 25.1 Å². The molecule has 0 saturated carbocycles. The Morgan fingerprint density at radius 1 is 1.50 bits per heavy atom. The molecule has 1 N–H and O–H groups in total. The molecule has 0 saturated heterocycles. The van der Waals surface area contributed by atoms with Crippen molar-refractivity contribution < 1.29 is 14.3 Å². The molecule has 0 bridgehead atoms. The van der Waals surface area contributed by atoms with Gasteiger partial charge in [0.1, 0.15) is 5.82 Å². The smallest absolute Gasteiger partial charge is 0.354 e. The minimum absolute atomic E-state index is 0.00314. The second-order valence-corrected chi connectivity index (χ2v) is 3.22. The van der Waals surface area contributed by atoms with E-state index in [0.717, 1.165) is 10.9 Å². The van der Waals surface area contributed by atoms with Gasteiger partial charge in [0.05, 0.1) is 11.9 Å². The Hall–Kier alpha value is -2.24. The lowest BCUT2D eigenvalue weighted by molar-refractivity contribution is 0.0687. The molecule has 2 aromatic heterocycles. The molecule has 0 aromatic carbocycles. The van der Waals surface area contributed by atoms with Gasteiger partial charge in [-0.3, -0.25) is 0 Å². The van der Waals surface area contributed by atoms with Crippen LogP contribution in [0.1, 0.15) is 16.2 Å². The first-order valence-electron chi connectivity index (χ1n) is 4.50. The van der Waals surface area contributed by atoms with Crippen molar-refractivity contribution in [2.75, 3.05) is 0 Å².